The highest BCUT2D eigenvalue weighted by Crippen LogP contribution is 2.31. The van der Waals surface area contributed by atoms with Gasteiger partial charge in [-0.3, -0.25) is 0 Å². The Kier molecular flexibility index (Phi) is 3.86. The zero-order valence-electron chi connectivity index (χ0n) is 7.59. The van der Waals surface area contributed by atoms with Gasteiger partial charge in [-0.05, 0) is 35.1 Å². The predicted octanol–water partition coefficient (Wildman–Crippen LogP) is 1.55. The molecule has 0 saturated heterocycles. The van der Waals surface area contributed by atoms with Gasteiger partial charge in [-0.1, -0.05) is 0 Å². The van der Waals surface area contributed by atoms with Crippen molar-refractivity contribution in [3.05, 3.63) is 28.0 Å². The van der Waals surface area contributed by atoms with Gasteiger partial charge in [0.25, 0.3) is 0 Å². The molecule has 14 heavy (non-hydrogen) atoms. The number of rotatable bonds is 3. The van der Waals surface area contributed by atoms with E-state index in [0.717, 1.165) is 0 Å². The second kappa shape index (κ2) is 4.72. The molecule has 0 aromatic heterocycles. The maximum absolute atomic E-state index is 13.4. The minimum Gasteiger partial charge on any atom is -0.507 e. The van der Waals surface area contributed by atoms with Gasteiger partial charge in [0.2, 0.25) is 0 Å². The summed E-state index contributed by atoms with van der Waals surface area (Å²) in [5.41, 5.74) is -0.0891. The lowest BCUT2D eigenvalue weighted by Crippen LogP contribution is -2.17. The molecule has 0 fully saturated rings. The van der Waals surface area contributed by atoms with Crippen LogP contribution in [0.25, 0.3) is 0 Å². The van der Waals surface area contributed by atoms with E-state index in [1.54, 1.807) is 7.05 Å². The number of hydrogen-bond acceptors (Lipinski definition) is 3. The molecule has 3 N–H and O–H groups in total. The van der Waals surface area contributed by atoms with E-state index in [9.17, 15) is 14.6 Å². The highest BCUT2D eigenvalue weighted by molar-refractivity contribution is 9.10. The maximum atomic E-state index is 13.4. The van der Waals surface area contributed by atoms with Gasteiger partial charge in [0.05, 0.1) is 16.1 Å². The minimum absolute atomic E-state index is 0.0891. The minimum atomic E-state index is -1.06. The summed E-state index contributed by atoms with van der Waals surface area (Å²) in [5, 5.41) is 21.6. The molecule has 0 aliphatic carbocycles. The van der Waals surface area contributed by atoms with Crippen molar-refractivity contribution < 1.29 is 14.6 Å². The Morgan fingerprint density at radius 1 is 1.57 bits per heavy atom. The van der Waals surface area contributed by atoms with Crippen molar-refractivity contribution in [1.29, 1.82) is 0 Å². The van der Waals surface area contributed by atoms with E-state index < -0.39 is 11.9 Å². The van der Waals surface area contributed by atoms with Gasteiger partial charge >= 0.3 is 0 Å². The molecular formula is C9H11BrFNO2. The molecule has 1 atom stereocenters. The first-order chi connectivity index (χ1) is 6.57. The van der Waals surface area contributed by atoms with Crippen molar-refractivity contribution in [3.8, 4) is 5.75 Å². The normalized spacial score (nSPS) is 12.9. The molecule has 1 aromatic carbocycles. The summed E-state index contributed by atoms with van der Waals surface area (Å²) in [6, 6.07) is 2.72. The van der Waals surface area contributed by atoms with E-state index in [-0.39, 0.29) is 22.3 Å². The number of phenolic OH excluding ortho intramolecular Hbond substituents is 1. The van der Waals surface area contributed by atoms with Crippen molar-refractivity contribution in [3.63, 3.8) is 0 Å². The van der Waals surface area contributed by atoms with Gasteiger partial charge in [-0.15, -0.1) is 0 Å². The molecule has 0 radical (unpaired) electrons. The smallest absolute Gasteiger partial charge is 0.146 e. The first kappa shape index (κ1) is 11.4. The molecule has 0 bridgehead atoms. The van der Waals surface area contributed by atoms with Crippen molar-refractivity contribution >= 4 is 15.9 Å². The number of halogens is 2. The van der Waals surface area contributed by atoms with Crippen LogP contribution in [-0.4, -0.2) is 23.8 Å². The number of aromatic hydroxyl groups is 1. The van der Waals surface area contributed by atoms with Gasteiger partial charge in [0, 0.05) is 6.54 Å². The Morgan fingerprint density at radius 2 is 2.21 bits per heavy atom. The molecule has 1 unspecified atom stereocenters. The average Bonchev–Trinajstić information content (AvgIpc) is 2.13. The van der Waals surface area contributed by atoms with Crippen LogP contribution < -0.4 is 5.32 Å². The number of aliphatic hydroxyl groups excluding tert-OH is 1. The quantitative estimate of drug-likeness (QED) is 0.776. The first-order valence-corrected chi connectivity index (χ1v) is 4.86. The summed E-state index contributed by atoms with van der Waals surface area (Å²) >= 11 is 2.98. The van der Waals surface area contributed by atoms with E-state index in [4.69, 9.17) is 0 Å². The highest BCUT2D eigenvalue weighted by Gasteiger charge is 2.18. The topological polar surface area (TPSA) is 52.5 Å². The number of phenols is 1. The third kappa shape index (κ3) is 2.23. The van der Waals surface area contributed by atoms with E-state index in [2.05, 4.69) is 21.2 Å². The number of likely N-dealkylation sites (N-methyl/N-ethyl adjacent to an activating group) is 1. The van der Waals surface area contributed by atoms with Crippen molar-refractivity contribution in [2.24, 2.45) is 0 Å². The zero-order chi connectivity index (χ0) is 10.7. The second-order valence-corrected chi connectivity index (χ2v) is 3.72. The van der Waals surface area contributed by atoms with Crippen LogP contribution in [0.5, 0.6) is 5.75 Å². The summed E-state index contributed by atoms with van der Waals surface area (Å²) in [6.07, 6.45) is -1.06. The fourth-order valence-electron chi connectivity index (χ4n) is 1.17. The van der Waals surface area contributed by atoms with Crippen LogP contribution in [0.3, 0.4) is 0 Å². The summed E-state index contributed by atoms with van der Waals surface area (Å²) in [4.78, 5) is 0. The van der Waals surface area contributed by atoms with Crippen molar-refractivity contribution in [2.45, 2.75) is 6.10 Å². The number of aliphatic hydroxyl groups is 1. The molecule has 78 valence electrons. The van der Waals surface area contributed by atoms with Gasteiger partial charge in [-0.25, -0.2) is 4.39 Å². The van der Waals surface area contributed by atoms with Crippen LogP contribution in [0.1, 0.15) is 11.7 Å². The standard InChI is InChI=1S/C9H11BrFNO2/c1-12-4-7(14)8-6(13)3-2-5(10)9(8)11/h2-3,7,12-14H,4H2,1H3. The highest BCUT2D eigenvalue weighted by atomic mass is 79.9. The summed E-state index contributed by atoms with van der Waals surface area (Å²) in [7, 11) is 1.64. The van der Waals surface area contributed by atoms with Gasteiger partial charge in [0.15, 0.2) is 0 Å². The van der Waals surface area contributed by atoms with Crippen LogP contribution in [0, 0.1) is 5.82 Å². The van der Waals surface area contributed by atoms with Crippen molar-refractivity contribution in [2.75, 3.05) is 13.6 Å². The third-order valence-corrected chi connectivity index (χ3v) is 2.45. The molecule has 0 saturated carbocycles. The van der Waals surface area contributed by atoms with Gasteiger partial charge in [0.1, 0.15) is 11.6 Å². The fraction of sp³-hybridized carbons (Fsp3) is 0.333. The lowest BCUT2D eigenvalue weighted by Gasteiger charge is -2.13. The van der Waals surface area contributed by atoms with E-state index in [0.29, 0.717) is 0 Å². The molecule has 3 nitrogen and oxygen atoms in total. The van der Waals surface area contributed by atoms with Gasteiger partial charge in [-0.2, -0.15) is 0 Å². The van der Waals surface area contributed by atoms with E-state index in [1.165, 1.54) is 12.1 Å². The van der Waals surface area contributed by atoms with Crippen LogP contribution in [-0.2, 0) is 0 Å². The zero-order valence-corrected chi connectivity index (χ0v) is 9.18. The molecule has 0 amide bonds. The molecule has 1 aromatic rings. The Bertz CT molecular complexity index is 333. The van der Waals surface area contributed by atoms with Crippen LogP contribution >= 0.6 is 15.9 Å². The Hall–Kier alpha value is -0.650. The average molecular weight is 264 g/mol. The third-order valence-electron chi connectivity index (χ3n) is 1.84. The Balaban J connectivity index is 3.11. The Morgan fingerprint density at radius 3 is 2.79 bits per heavy atom. The molecule has 1 rings (SSSR count). The number of benzene rings is 1. The Labute approximate surface area is 89.7 Å². The maximum Gasteiger partial charge on any atom is 0.146 e. The molecule has 5 heteroatoms. The lowest BCUT2D eigenvalue weighted by atomic mass is 10.1. The first-order valence-electron chi connectivity index (χ1n) is 4.07. The van der Waals surface area contributed by atoms with Crippen LogP contribution in [0.15, 0.2) is 16.6 Å². The summed E-state index contributed by atoms with van der Waals surface area (Å²) < 4.78 is 13.7. The molecule has 0 aliphatic heterocycles. The van der Waals surface area contributed by atoms with Gasteiger partial charge < -0.3 is 15.5 Å². The van der Waals surface area contributed by atoms with E-state index >= 15 is 0 Å². The molecule has 0 heterocycles. The summed E-state index contributed by atoms with van der Waals surface area (Å²) in [5.74, 6) is -0.874. The number of hydrogen-bond donors (Lipinski definition) is 3. The predicted molar refractivity (Wildman–Crippen MR) is 54.7 cm³/mol. The number of nitrogens with one attached hydrogen (secondary N) is 1. The molecular weight excluding hydrogens is 253 g/mol. The SMILES string of the molecule is CNCC(O)c1c(O)ccc(Br)c1F. The molecule has 0 spiro atoms. The lowest BCUT2D eigenvalue weighted by molar-refractivity contribution is 0.168. The molecule has 0 aliphatic rings. The van der Waals surface area contributed by atoms with Crippen LogP contribution in [0.4, 0.5) is 4.39 Å². The monoisotopic (exact) mass is 263 g/mol. The van der Waals surface area contributed by atoms with Crippen molar-refractivity contribution in [1.82, 2.24) is 5.32 Å². The summed E-state index contributed by atoms with van der Waals surface area (Å²) in [6.45, 7) is 0.181. The van der Waals surface area contributed by atoms with E-state index in [1.807, 2.05) is 0 Å². The van der Waals surface area contributed by atoms with Crippen LogP contribution in [0.2, 0.25) is 0 Å². The largest absolute Gasteiger partial charge is 0.507 e. The fourth-order valence-corrected chi connectivity index (χ4v) is 1.51. The second-order valence-electron chi connectivity index (χ2n) is 2.87.